The van der Waals surface area contributed by atoms with Gasteiger partial charge in [0, 0.05) is 11.6 Å². The van der Waals surface area contributed by atoms with Crippen molar-refractivity contribution in [2.24, 2.45) is 5.41 Å². The van der Waals surface area contributed by atoms with E-state index in [4.69, 9.17) is 0 Å². The number of nitrogens with one attached hydrogen (secondary N) is 1. The highest BCUT2D eigenvalue weighted by molar-refractivity contribution is 5.26. The van der Waals surface area contributed by atoms with Crippen molar-refractivity contribution in [1.29, 1.82) is 0 Å². The quantitative estimate of drug-likeness (QED) is 0.803. The van der Waals surface area contributed by atoms with Crippen LogP contribution in [0.5, 0.6) is 0 Å². The van der Waals surface area contributed by atoms with Crippen LogP contribution in [-0.4, -0.2) is 12.6 Å². The second kappa shape index (κ2) is 7.16. The summed E-state index contributed by atoms with van der Waals surface area (Å²) >= 11 is 0. The van der Waals surface area contributed by atoms with E-state index in [-0.39, 0.29) is 17.0 Å². The SMILES string of the molecule is CCCNC(CCc1c(F)ccc(C)c1F)C(C)(C)C. The third-order valence-corrected chi connectivity index (χ3v) is 3.75. The molecule has 1 aromatic rings. The van der Waals surface area contributed by atoms with Crippen LogP contribution in [0.4, 0.5) is 8.78 Å². The van der Waals surface area contributed by atoms with Crippen molar-refractivity contribution in [2.45, 2.75) is 59.9 Å². The zero-order valence-electron chi connectivity index (χ0n) is 13.3. The molecule has 1 atom stereocenters. The third kappa shape index (κ3) is 4.55. The molecule has 20 heavy (non-hydrogen) atoms. The molecule has 1 N–H and O–H groups in total. The van der Waals surface area contributed by atoms with E-state index < -0.39 is 11.6 Å². The van der Waals surface area contributed by atoms with Crippen molar-refractivity contribution in [3.63, 3.8) is 0 Å². The molecule has 0 aliphatic heterocycles. The molecule has 1 nitrogen and oxygen atoms in total. The van der Waals surface area contributed by atoms with Gasteiger partial charge >= 0.3 is 0 Å². The molecule has 0 fully saturated rings. The Bertz CT molecular complexity index is 435. The second-order valence-corrected chi connectivity index (χ2v) is 6.57. The van der Waals surface area contributed by atoms with Crippen molar-refractivity contribution in [1.82, 2.24) is 5.32 Å². The molecule has 114 valence electrons. The molecular weight excluding hydrogens is 256 g/mol. The first-order chi connectivity index (χ1) is 9.27. The van der Waals surface area contributed by atoms with Crippen molar-refractivity contribution >= 4 is 0 Å². The number of rotatable bonds is 6. The van der Waals surface area contributed by atoms with Gasteiger partial charge in [0.25, 0.3) is 0 Å². The summed E-state index contributed by atoms with van der Waals surface area (Å²) in [5, 5.41) is 3.49. The van der Waals surface area contributed by atoms with E-state index in [1.54, 1.807) is 6.92 Å². The Labute approximate surface area is 121 Å². The second-order valence-electron chi connectivity index (χ2n) is 6.57. The van der Waals surface area contributed by atoms with Crippen LogP contribution in [0.15, 0.2) is 12.1 Å². The highest BCUT2D eigenvalue weighted by Gasteiger charge is 2.24. The summed E-state index contributed by atoms with van der Waals surface area (Å²) in [5.41, 5.74) is 0.805. The average molecular weight is 283 g/mol. The van der Waals surface area contributed by atoms with Crippen LogP contribution in [-0.2, 0) is 6.42 Å². The van der Waals surface area contributed by atoms with Crippen LogP contribution < -0.4 is 5.32 Å². The zero-order chi connectivity index (χ0) is 15.3. The first-order valence-electron chi connectivity index (χ1n) is 7.44. The molecule has 0 amide bonds. The fourth-order valence-corrected chi connectivity index (χ4v) is 2.39. The van der Waals surface area contributed by atoms with Gasteiger partial charge in [-0.15, -0.1) is 0 Å². The summed E-state index contributed by atoms with van der Waals surface area (Å²) in [7, 11) is 0. The molecule has 0 aromatic heterocycles. The van der Waals surface area contributed by atoms with Crippen molar-refractivity contribution < 1.29 is 8.78 Å². The van der Waals surface area contributed by atoms with Gasteiger partial charge in [-0.1, -0.05) is 33.8 Å². The van der Waals surface area contributed by atoms with E-state index >= 15 is 0 Å². The topological polar surface area (TPSA) is 12.0 Å². The van der Waals surface area contributed by atoms with Crippen LogP contribution in [0.3, 0.4) is 0 Å². The smallest absolute Gasteiger partial charge is 0.132 e. The number of halogens is 2. The lowest BCUT2D eigenvalue weighted by molar-refractivity contribution is 0.254. The predicted octanol–water partition coefficient (Wildman–Crippen LogP) is 4.62. The molecule has 1 aromatic carbocycles. The van der Waals surface area contributed by atoms with E-state index in [0.717, 1.165) is 19.4 Å². The average Bonchev–Trinajstić information content (AvgIpc) is 2.36. The largest absolute Gasteiger partial charge is 0.313 e. The number of hydrogen-bond acceptors (Lipinski definition) is 1. The maximum absolute atomic E-state index is 14.0. The summed E-state index contributed by atoms with van der Waals surface area (Å²) in [5.74, 6) is -0.829. The molecule has 0 heterocycles. The van der Waals surface area contributed by atoms with Crippen LogP contribution in [0.1, 0.15) is 51.7 Å². The zero-order valence-corrected chi connectivity index (χ0v) is 13.3. The summed E-state index contributed by atoms with van der Waals surface area (Å²) in [6.45, 7) is 11.2. The third-order valence-electron chi connectivity index (χ3n) is 3.75. The number of hydrogen-bond donors (Lipinski definition) is 1. The van der Waals surface area contributed by atoms with Gasteiger partial charge in [0.2, 0.25) is 0 Å². The van der Waals surface area contributed by atoms with Gasteiger partial charge in [-0.2, -0.15) is 0 Å². The molecule has 3 heteroatoms. The summed E-state index contributed by atoms with van der Waals surface area (Å²) in [6, 6.07) is 3.10. The maximum Gasteiger partial charge on any atom is 0.132 e. The highest BCUT2D eigenvalue weighted by Crippen LogP contribution is 2.25. The van der Waals surface area contributed by atoms with Crippen molar-refractivity contribution in [3.05, 3.63) is 34.9 Å². The first kappa shape index (κ1) is 17.1. The minimum absolute atomic E-state index is 0.0753. The number of aryl methyl sites for hydroxylation is 1. The summed E-state index contributed by atoms with van der Waals surface area (Å²) < 4.78 is 27.8. The standard InChI is InChI=1S/C17H27F2N/c1-6-11-20-15(17(3,4)5)10-8-13-14(18)9-7-12(2)16(13)19/h7,9,15,20H,6,8,10-11H2,1-5H3. The fourth-order valence-electron chi connectivity index (χ4n) is 2.39. The Hall–Kier alpha value is -0.960. The molecule has 0 saturated heterocycles. The first-order valence-corrected chi connectivity index (χ1v) is 7.44. The lowest BCUT2D eigenvalue weighted by Gasteiger charge is -2.32. The summed E-state index contributed by atoms with van der Waals surface area (Å²) in [4.78, 5) is 0. The van der Waals surface area contributed by atoms with Gasteiger partial charge in [-0.25, -0.2) is 8.78 Å². The Morgan fingerprint density at radius 1 is 1.20 bits per heavy atom. The molecule has 1 unspecified atom stereocenters. The molecule has 0 bridgehead atoms. The Morgan fingerprint density at radius 2 is 1.85 bits per heavy atom. The van der Waals surface area contributed by atoms with Gasteiger partial charge in [-0.05, 0) is 49.8 Å². The monoisotopic (exact) mass is 283 g/mol. The normalized spacial score (nSPS) is 13.6. The minimum Gasteiger partial charge on any atom is -0.313 e. The van der Waals surface area contributed by atoms with E-state index in [2.05, 4.69) is 33.0 Å². The lowest BCUT2D eigenvalue weighted by atomic mass is 9.83. The maximum atomic E-state index is 14.0. The van der Waals surface area contributed by atoms with Gasteiger partial charge in [0.1, 0.15) is 11.6 Å². The van der Waals surface area contributed by atoms with Crippen LogP contribution in [0.25, 0.3) is 0 Å². The molecule has 1 rings (SSSR count). The van der Waals surface area contributed by atoms with Gasteiger partial charge in [-0.3, -0.25) is 0 Å². The van der Waals surface area contributed by atoms with Crippen LogP contribution >= 0.6 is 0 Å². The highest BCUT2D eigenvalue weighted by atomic mass is 19.1. The molecule has 0 spiro atoms. The molecule has 0 aliphatic carbocycles. The Balaban J connectivity index is 2.80. The lowest BCUT2D eigenvalue weighted by Crippen LogP contribution is -2.41. The molecular formula is C17H27F2N. The van der Waals surface area contributed by atoms with E-state index in [1.807, 2.05) is 0 Å². The van der Waals surface area contributed by atoms with Gasteiger partial charge in [0.15, 0.2) is 0 Å². The molecule has 0 aliphatic rings. The van der Waals surface area contributed by atoms with Gasteiger partial charge in [0.05, 0.1) is 0 Å². The fraction of sp³-hybridized carbons (Fsp3) is 0.647. The van der Waals surface area contributed by atoms with Crippen LogP contribution in [0.2, 0.25) is 0 Å². The predicted molar refractivity (Wildman–Crippen MR) is 81.0 cm³/mol. The molecule has 0 radical (unpaired) electrons. The molecule has 0 saturated carbocycles. The number of benzene rings is 1. The van der Waals surface area contributed by atoms with E-state index in [0.29, 0.717) is 12.0 Å². The van der Waals surface area contributed by atoms with Crippen molar-refractivity contribution in [2.75, 3.05) is 6.54 Å². The summed E-state index contributed by atoms with van der Waals surface area (Å²) in [6.07, 6.45) is 2.22. The Morgan fingerprint density at radius 3 is 2.40 bits per heavy atom. The minimum atomic E-state index is -0.434. The van der Waals surface area contributed by atoms with E-state index in [9.17, 15) is 8.78 Å². The van der Waals surface area contributed by atoms with Crippen molar-refractivity contribution in [3.8, 4) is 0 Å². The van der Waals surface area contributed by atoms with Gasteiger partial charge < -0.3 is 5.32 Å². The van der Waals surface area contributed by atoms with Crippen LogP contribution in [0, 0.1) is 24.0 Å². The van der Waals surface area contributed by atoms with E-state index in [1.165, 1.54) is 12.1 Å². The Kier molecular flexibility index (Phi) is 6.12.